The molecule has 0 spiro atoms. The molecule has 0 aromatic heterocycles. The molecule has 3 N–H and O–H groups in total. The van der Waals surface area contributed by atoms with Crippen molar-refractivity contribution in [3.8, 4) is 5.75 Å². The van der Waals surface area contributed by atoms with Gasteiger partial charge in [-0.1, -0.05) is 55.5 Å². The largest absolute Gasteiger partial charge is 0.497 e. The maximum atomic E-state index is 12.0. The number of aliphatic carboxylic acids is 2. The van der Waals surface area contributed by atoms with Crippen LogP contribution in [0.5, 0.6) is 5.75 Å². The highest BCUT2D eigenvalue weighted by atomic mass is 32.2. The number of likely N-dealkylation sites (tertiary alicyclic amines) is 1. The normalized spacial score (nSPS) is 14.6. The van der Waals surface area contributed by atoms with Gasteiger partial charge >= 0.3 is 23.9 Å². The number of likely N-dealkylation sites (N-methyl/N-ethyl adjacent to an activating group) is 1. The summed E-state index contributed by atoms with van der Waals surface area (Å²) in [6, 6.07) is 23.7. The van der Waals surface area contributed by atoms with Gasteiger partial charge in [-0.2, -0.15) is 0 Å². The van der Waals surface area contributed by atoms with Crippen LogP contribution in [0.3, 0.4) is 0 Å². The van der Waals surface area contributed by atoms with E-state index in [1.165, 1.54) is 66.0 Å². The Kier molecular flexibility index (Phi) is 17.1. The minimum absolute atomic E-state index is 0.0253. The fourth-order valence-corrected chi connectivity index (χ4v) is 6.12. The summed E-state index contributed by atoms with van der Waals surface area (Å²) in [4.78, 5) is 63.3. The molecule has 3 aromatic rings. The van der Waals surface area contributed by atoms with Crippen molar-refractivity contribution in [1.82, 2.24) is 14.5 Å². The van der Waals surface area contributed by atoms with Gasteiger partial charge in [0.2, 0.25) is 12.2 Å². The van der Waals surface area contributed by atoms with Gasteiger partial charge in [-0.3, -0.25) is 9.52 Å². The predicted octanol–water partition coefficient (Wildman–Crippen LogP) is 5.25. The highest BCUT2D eigenvalue weighted by Gasteiger charge is 2.41. The van der Waals surface area contributed by atoms with E-state index in [2.05, 4.69) is 35.6 Å². The van der Waals surface area contributed by atoms with Crippen LogP contribution in [0.1, 0.15) is 53.0 Å². The van der Waals surface area contributed by atoms with Crippen molar-refractivity contribution < 1.29 is 48.4 Å². The smallest absolute Gasteiger partial charge is 0.349 e. The molecule has 3 aromatic carbocycles. The molecule has 1 amide bonds. The Hall–Kier alpha value is -4.92. The van der Waals surface area contributed by atoms with Crippen LogP contribution in [0.2, 0.25) is 0 Å². The number of carbonyl (C=O) groups is 5. The van der Waals surface area contributed by atoms with Crippen LogP contribution in [0, 0.1) is 5.92 Å². The SMILES string of the molecule is CCN(CC1CCN(C(=O)SNC)CC1)C(C)Cc1ccc(OC)cc1.O=C(O[C@@H](C(=O)O)[C@@H](OC(=O)c1ccccc1)C(=O)O)c1ccccc1. The summed E-state index contributed by atoms with van der Waals surface area (Å²) in [6.07, 6.45) is -1.18. The highest BCUT2D eigenvalue weighted by molar-refractivity contribution is 8.11. The fourth-order valence-electron chi connectivity index (χ4n) is 5.63. The van der Waals surface area contributed by atoms with Crippen LogP contribution in [0.4, 0.5) is 4.79 Å². The highest BCUT2D eigenvalue weighted by Crippen LogP contribution is 2.23. The molecule has 1 heterocycles. The second-order valence-electron chi connectivity index (χ2n) is 12.1. The van der Waals surface area contributed by atoms with Crippen molar-refractivity contribution in [2.45, 2.75) is 51.4 Å². The second-order valence-corrected chi connectivity index (χ2v) is 13.0. The third-order valence-corrected chi connectivity index (χ3v) is 9.16. The number of hydrogen-bond acceptors (Lipinski definition) is 11. The van der Waals surface area contributed by atoms with Crippen LogP contribution in [-0.4, -0.2) is 108 Å². The van der Waals surface area contributed by atoms with Crippen LogP contribution >= 0.6 is 11.9 Å². The first kappa shape index (κ1) is 41.5. The van der Waals surface area contributed by atoms with Gasteiger partial charge in [-0.05, 0) is 87.7 Å². The molecule has 1 fully saturated rings. The number of carboxylic acids is 2. The quantitative estimate of drug-likeness (QED) is 0.137. The van der Waals surface area contributed by atoms with Crippen LogP contribution in [0.25, 0.3) is 0 Å². The number of nitrogens with zero attached hydrogens (tertiary/aromatic N) is 2. The Labute approximate surface area is 308 Å². The summed E-state index contributed by atoms with van der Waals surface area (Å²) in [7, 11) is 3.49. The van der Waals surface area contributed by atoms with Crippen molar-refractivity contribution >= 4 is 41.1 Å². The molecule has 0 bridgehead atoms. The summed E-state index contributed by atoms with van der Waals surface area (Å²) < 4.78 is 17.6. The third-order valence-electron chi connectivity index (χ3n) is 8.52. The van der Waals surface area contributed by atoms with Gasteiger partial charge in [0.05, 0.1) is 18.2 Å². The van der Waals surface area contributed by atoms with Gasteiger partial charge in [-0.15, -0.1) is 0 Å². The number of methoxy groups -OCH3 is 1. The van der Waals surface area contributed by atoms with E-state index < -0.39 is 36.1 Å². The minimum atomic E-state index is -2.21. The van der Waals surface area contributed by atoms with Crippen molar-refractivity contribution in [1.29, 1.82) is 0 Å². The lowest BCUT2D eigenvalue weighted by Crippen LogP contribution is -2.45. The summed E-state index contributed by atoms with van der Waals surface area (Å²) in [5.74, 6) is -4.05. The van der Waals surface area contributed by atoms with E-state index in [0.29, 0.717) is 12.0 Å². The summed E-state index contributed by atoms with van der Waals surface area (Å²) >= 11 is 1.18. The van der Waals surface area contributed by atoms with Crippen molar-refractivity contribution in [3.05, 3.63) is 102 Å². The van der Waals surface area contributed by atoms with Gasteiger partial charge in [0.15, 0.2) is 0 Å². The van der Waals surface area contributed by atoms with E-state index in [-0.39, 0.29) is 16.4 Å². The number of piperidine rings is 1. The number of rotatable bonds is 15. The molecule has 1 unspecified atom stereocenters. The Morgan fingerprint density at radius 2 is 1.31 bits per heavy atom. The van der Waals surface area contributed by atoms with E-state index in [9.17, 15) is 34.2 Å². The number of benzene rings is 3. The molecule has 0 saturated carbocycles. The number of ether oxygens (including phenoxy) is 3. The lowest BCUT2D eigenvalue weighted by atomic mass is 9.95. The van der Waals surface area contributed by atoms with Crippen molar-refractivity contribution in [3.63, 3.8) is 0 Å². The molecule has 4 rings (SSSR count). The van der Waals surface area contributed by atoms with Gasteiger partial charge in [0.25, 0.3) is 5.24 Å². The molecule has 1 saturated heterocycles. The van der Waals surface area contributed by atoms with Crippen molar-refractivity contribution in [2.24, 2.45) is 5.92 Å². The molecular formula is C38H47N3O10S. The molecule has 14 heteroatoms. The Bertz CT molecular complexity index is 1520. The number of amides is 1. The maximum Gasteiger partial charge on any atom is 0.349 e. The molecule has 52 heavy (non-hydrogen) atoms. The van der Waals surface area contributed by atoms with Crippen LogP contribution in [-0.2, 0) is 25.5 Å². The number of carbonyl (C=O) groups excluding carboxylic acids is 3. The topological polar surface area (TPSA) is 172 Å². The van der Waals surface area contributed by atoms with Gasteiger partial charge in [0.1, 0.15) is 5.75 Å². The van der Waals surface area contributed by atoms with E-state index in [1.807, 2.05) is 17.0 Å². The molecule has 0 radical (unpaired) electrons. The summed E-state index contributed by atoms with van der Waals surface area (Å²) in [6.45, 7) is 8.50. The lowest BCUT2D eigenvalue weighted by Gasteiger charge is -2.36. The standard InChI is InChI=1S/C20H33N3O2S.C18H14O8/c1-5-22(16(2)14-17-6-8-19(25-4)9-7-17)15-18-10-12-23(13-11-18)20(24)26-21-3;19-15(20)13(25-17(23)11-7-3-1-4-8-11)14(16(21)22)26-18(24)12-9-5-2-6-10-12/h6-9,16,18,21H,5,10-15H2,1-4H3;1-10,13-14H,(H,19,20)(H,21,22)/t;13-,14-/m.1/s1. The Morgan fingerprint density at radius 3 is 1.71 bits per heavy atom. The van der Waals surface area contributed by atoms with Crippen LogP contribution < -0.4 is 9.46 Å². The van der Waals surface area contributed by atoms with E-state index >= 15 is 0 Å². The number of hydrogen-bond donors (Lipinski definition) is 3. The zero-order valence-electron chi connectivity index (χ0n) is 29.8. The monoisotopic (exact) mass is 737 g/mol. The first-order valence-corrected chi connectivity index (χ1v) is 17.8. The zero-order chi connectivity index (χ0) is 38.0. The average molecular weight is 738 g/mol. The molecule has 0 aliphatic carbocycles. The van der Waals surface area contributed by atoms with Gasteiger partial charge in [-0.25, -0.2) is 19.2 Å². The summed E-state index contributed by atoms with van der Waals surface area (Å²) in [5, 5.41) is 18.6. The number of carboxylic acid groups (broad SMARTS) is 2. The lowest BCUT2D eigenvalue weighted by molar-refractivity contribution is -0.166. The van der Waals surface area contributed by atoms with E-state index in [0.717, 1.165) is 51.2 Å². The maximum absolute atomic E-state index is 12.0. The molecule has 13 nitrogen and oxygen atoms in total. The molecule has 1 aliphatic heterocycles. The molecule has 1 aliphatic rings. The average Bonchev–Trinajstić information content (AvgIpc) is 3.16. The zero-order valence-corrected chi connectivity index (χ0v) is 30.6. The number of nitrogens with one attached hydrogen (secondary N) is 1. The number of esters is 2. The van der Waals surface area contributed by atoms with Crippen LogP contribution in [0.15, 0.2) is 84.9 Å². The Morgan fingerprint density at radius 1 is 0.827 bits per heavy atom. The molecular weight excluding hydrogens is 690 g/mol. The minimum Gasteiger partial charge on any atom is -0.497 e. The van der Waals surface area contributed by atoms with E-state index in [1.54, 1.807) is 26.3 Å². The van der Waals surface area contributed by atoms with E-state index in [4.69, 9.17) is 14.2 Å². The second kappa shape index (κ2) is 21.4. The van der Waals surface area contributed by atoms with Gasteiger partial charge in [0, 0.05) is 37.6 Å². The summed E-state index contributed by atoms with van der Waals surface area (Å²) in [5.41, 5.74) is 1.40. The third kappa shape index (κ3) is 13.0. The Balaban J connectivity index is 0.000000280. The molecule has 280 valence electrons. The first-order valence-electron chi connectivity index (χ1n) is 16.9. The fraction of sp³-hybridized carbons (Fsp3) is 0.395. The van der Waals surface area contributed by atoms with Crippen molar-refractivity contribution in [2.75, 3.05) is 40.3 Å². The van der Waals surface area contributed by atoms with Gasteiger partial charge < -0.3 is 34.2 Å². The first-order chi connectivity index (χ1) is 25.0. The molecule has 3 atom stereocenters. The predicted molar refractivity (Wildman–Crippen MR) is 196 cm³/mol.